The quantitative estimate of drug-likeness (QED) is 0.269. The number of amides is 3. The highest BCUT2D eigenvalue weighted by Crippen LogP contribution is 2.61. The summed E-state index contributed by atoms with van der Waals surface area (Å²) in [4.78, 5) is 36.6. The Morgan fingerprint density at radius 3 is 2.40 bits per heavy atom. The number of nitrogens with one attached hydrogen (secondary N) is 2. The molecule has 2 aromatic rings. The summed E-state index contributed by atoms with van der Waals surface area (Å²) in [5.41, 5.74) is 3.96. The fourth-order valence-electron chi connectivity index (χ4n) is 8.20. The van der Waals surface area contributed by atoms with Crippen molar-refractivity contribution in [2.45, 2.75) is 77.8 Å². The van der Waals surface area contributed by atoms with Gasteiger partial charge in [-0.2, -0.15) is 5.06 Å². The van der Waals surface area contributed by atoms with Gasteiger partial charge in [0.15, 0.2) is 0 Å². The number of aliphatic hydroxyl groups excluding tert-OH is 2. The summed E-state index contributed by atoms with van der Waals surface area (Å²) in [7, 11) is 5.84. The molecule has 10 nitrogen and oxygen atoms in total. The van der Waals surface area contributed by atoms with Crippen LogP contribution in [0.5, 0.6) is 0 Å². The van der Waals surface area contributed by atoms with E-state index in [4.69, 9.17) is 4.84 Å². The summed E-state index contributed by atoms with van der Waals surface area (Å²) in [6.07, 6.45) is 1.57. The van der Waals surface area contributed by atoms with Gasteiger partial charge in [0.25, 0.3) is 0 Å². The van der Waals surface area contributed by atoms with Crippen molar-refractivity contribution in [3.8, 4) is 11.1 Å². The number of hydrogen-bond acceptors (Lipinski definition) is 7. The molecule has 1 heterocycles. The van der Waals surface area contributed by atoms with Crippen LogP contribution < -0.4 is 10.6 Å². The normalized spacial score (nSPS) is 28.9. The number of benzene rings is 2. The summed E-state index contributed by atoms with van der Waals surface area (Å²) in [6, 6.07) is 15.0. The molecule has 1 aliphatic heterocycles. The third kappa shape index (κ3) is 7.67. The summed E-state index contributed by atoms with van der Waals surface area (Å²) in [5, 5.41) is 28.9. The predicted octanol–water partition coefficient (Wildman–Crippen LogP) is 4.43. The van der Waals surface area contributed by atoms with Crippen LogP contribution in [-0.4, -0.2) is 102 Å². The molecule has 1 saturated heterocycles. The lowest BCUT2D eigenvalue weighted by atomic mass is 9.45. The van der Waals surface area contributed by atoms with Crippen LogP contribution in [0.15, 0.2) is 48.5 Å². The van der Waals surface area contributed by atoms with Gasteiger partial charge in [-0.25, -0.2) is 4.79 Å². The minimum absolute atomic E-state index is 0.0866. The second-order valence-corrected chi connectivity index (χ2v) is 15.0. The Balaban J connectivity index is 1.26. The zero-order valence-corrected chi connectivity index (χ0v) is 29.1. The molecule has 3 saturated carbocycles. The van der Waals surface area contributed by atoms with Crippen molar-refractivity contribution in [2.24, 2.45) is 29.1 Å². The number of rotatable bonds is 12. The Kier molecular flexibility index (Phi) is 11.0. The van der Waals surface area contributed by atoms with Crippen molar-refractivity contribution in [2.75, 3.05) is 46.2 Å². The van der Waals surface area contributed by atoms with Crippen LogP contribution in [0, 0.1) is 29.1 Å². The molecular weight excluding hydrogens is 594 g/mol. The first-order valence-corrected chi connectivity index (χ1v) is 17.2. The summed E-state index contributed by atoms with van der Waals surface area (Å²) in [5.74, 6) is 0.851. The maximum absolute atomic E-state index is 14.0. The van der Waals surface area contributed by atoms with E-state index in [0.717, 1.165) is 41.8 Å². The third-order valence-corrected chi connectivity index (χ3v) is 11.2. The fraction of sp³-hybridized carbons (Fsp3) is 0.622. The standard InChI is InChI=1S/C37H55N5O5/c1-23-30-19-28(37(30,3)4)20-31(23)39-35(45)34-33(24(2)44)32(22-43)47-42(34)21-25-10-8-11-27(18-25)26-12-14-29(15-13-26)38-36(46)41(7)17-9-16-40(5)6/h8,10-15,18,23-24,28,30-34,43-44H,9,16-17,19-22H2,1-7H3,(H,38,46)(H,39,45)/t23?,24-,28+,30?,31-,32?,33+,34-/m0/s1. The number of fused-ring (bicyclic) bond motifs is 2. The second kappa shape index (κ2) is 14.6. The average molecular weight is 650 g/mol. The molecule has 8 atom stereocenters. The van der Waals surface area contributed by atoms with Crippen LogP contribution in [0.1, 0.15) is 52.5 Å². The van der Waals surface area contributed by atoms with E-state index in [9.17, 15) is 19.8 Å². The van der Waals surface area contributed by atoms with Gasteiger partial charge in [0.05, 0.1) is 19.3 Å². The van der Waals surface area contributed by atoms with Gasteiger partial charge in [-0.1, -0.05) is 51.1 Å². The minimum Gasteiger partial charge on any atom is -0.394 e. The molecule has 4 fully saturated rings. The molecule has 2 aromatic carbocycles. The second-order valence-electron chi connectivity index (χ2n) is 15.0. The predicted molar refractivity (Wildman–Crippen MR) is 184 cm³/mol. The van der Waals surface area contributed by atoms with E-state index in [1.165, 1.54) is 6.42 Å². The van der Waals surface area contributed by atoms with Crippen molar-refractivity contribution >= 4 is 17.6 Å². The SMILES string of the molecule is CC1C2C[C@H](C[C@@H]1NC(=O)[C@@H]1[C@H]([C@H](C)O)C(CO)ON1Cc1cccc(-c3ccc(NC(=O)N(C)CCCN(C)C)cc3)c1)C2(C)C. The first kappa shape index (κ1) is 35.3. The van der Waals surface area contributed by atoms with Crippen LogP contribution in [-0.2, 0) is 16.2 Å². The Labute approximate surface area is 280 Å². The molecule has 0 spiro atoms. The van der Waals surface area contributed by atoms with Crippen LogP contribution >= 0.6 is 0 Å². The fourth-order valence-corrected chi connectivity index (χ4v) is 8.20. The number of carbonyl (C=O) groups excluding carboxylic acids is 2. The first-order chi connectivity index (χ1) is 22.3. The molecule has 2 bridgehead atoms. The average Bonchev–Trinajstić information content (AvgIpc) is 3.40. The lowest BCUT2D eigenvalue weighted by Crippen LogP contribution is -2.62. The Bertz CT molecular complexity index is 1380. The number of urea groups is 1. The summed E-state index contributed by atoms with van der Waals surface area (Å²) < 4.78 is 0. The summed E-state index contributed by atoms with van der Waals surface area (Å²) in [6.45, 7) is 10.2. The van der Waals surface area contributed by atoms with Crippen molar-refractivity contribution in [3.63, 3.8) is 0 Å². The van der Waals surface area contributed by atoms with Crippen LogP contribution in [0.2, 0.25) is 0 Å². The van der Waals surface area contributed by atoms with Crippen LogP contribution in [0.25, 0.3) is 11.1 Å². The number of aliphatic hydroxyl groups is 2. The maximum Gasteiger partial charge on any atom is 0.321 e. The van der Waals surface area contributed by atoms with Crippen LogP contribution in [0.3, 0.4) is 0 Å². The highest BCUT2D eigenvalue weighted by atomic mass is 16.7. The molecule has 10 heteroatoms. The Morgan fingerprint density at radius 2 is 1.79 bits per heavy atom. The first-order valence-electron chi connectivity index (χ1n) is 17.2. The highest BCUT2D eigenvalue weighted by Gasteiger charge is 2.57. The van der Waals surface area contributed by atoms with Gasteiger partial charge in [0.1, 0.15) is 12.1 Å². The van der Waals surface area contributed by atoms with E-state index in [2.05, 4.69) is 42.4 Å². The van der Waals surface area contributed by atoms with E-state index >= 15 is 0 Å². The van der Waals surface area contributed by atoms with E-state index < -0.39 is 24.2 Å². The molecule has 3 unspecified atom stereocenters. The number of nitrogens with zero attached hydrogens (tertiary/aromatic N) is 3. The number of hydroxylamine groups is 2. The zero-order chi connectivity index (χ0) is 34.0. The molecule has 4 N–H and O–H groups in total. The molecular formula is C37H55N5O5. The molecule has 4 aliphatic rings. The number of carbonyl (C=O) groups is 2. The molecule has 0 radical (unpaired) electrons. The van der Waals surface area contributed by atoms with Gasteiger partial charge in [0, 0.05) is 31.2 Å². The summed E-state index contributed by atoms with van der Waals surface area (Å²) >= 11 is 0. The largest absolute Gasteiger partial charge is 0.394 e. The topological polar surface area (TPSA) is 118 Å². The Morgan fingerprint density at radius 1 is 1.06 bits per heavy atom. The number of hydrogen-bond donors (Lipinski definition) is 4. The van der Waals surface area contributed by atoms with Crippen molar-refractivity contribution < 1.29 is 24.6 Å². The van der Waals surface area contributed by atoms with E-state index in [0.29, 0.717) is 36.3 Å². The lowest BCUT2D eigenvalue weighted by molar-refractivity contribution is -0.183. The molecule has 47 heavy (non-hydrogen) atoms. The van der Waals surface area contributed by atoms with Crippen LogP contribution in [0.4, 0.5) is 10.5 Å². The lowest BCUT2D eigenvalue weighted by Gasteiger charge is -2.62. The minimum atomic E-state index is -0.841. The zero-order valence-electron chi connectivity index (χ0n) is 29.1. The van der Waals surface area contributed by atoms with Crippen molar-refractivity contribution in [3.05, 3.63) is 54.1 Å². The van der Waals surface area contributed by atoms with Gasteiger partial charge < -0.3 is 30.6 Å². The molecule has 6 rings (SSSR count). The van der Waals surface area contributed by atoms with Crippen molar-refractivity contribution in [1.82, 2.24) is 20.2 Å². The van der Waals surface area contributed by atoms with Gasteiger partial charge in [0.2, 0.25) is 5.91 Å². The molecule has 0 aromatic heterocycles. The maximum atomic E-state index is 14.0. The highest BCUT2D eigenvalue weighted by molar-refractivity contribution is 5.89. The van der Waals surface area contributed by atoms with Gasteiger partial charge in [-0.3, -0.25) is 9.63 Å². The van der Waals surface area contributed by atoms with E-state index in [1.807, 2.05) is 56.6 Å². The van der Waals surface area contributed by atoms with E-state index in [-0.39, 0.29) is 24.6 Å². The molecule has 3 amide bonds. The third-order valence-electron chi connectivity index (χ3n) is 11.2. The smallest absolute Gasteiger partial charge is 0.321 e. The van der Waals surface area contributed by atoms with Gasteiger partial charge >= 0.3 is 6.03 Å². The molecule has 3 aliphatic carbocycles. The number of anilines is 1. The van der Waals surface area contributed by atoms with E-state index in [1.54, 1.807) is 23.9 Å². The molecule has 258 valence electrons. The van der Waals surface area contributed by atoms with Gasteiger partial charge in [-0.15, -0.1) is 0 Å². The monoisotopic (exact) mass is 649 g/mol. The van der Waals surface area contributed by atoms with Gasteiger partial charge in [-0.05, 0) is 105 Å². The Hall–Kier alpha value is -3.02. The van der Waals surface area contributed by atoms with Crippen molar-refractivity contribution in [1.29, 1.82) is 0 Å².